The highest BCUT2D eigenvalue weighted by Crippen LogP contribution is 2.32. The zero-order chi connectivity index (χ0) is 9.68. The Morgan fingerprint density at radius 3 is 2.85 bits per heavy atom. The smallest absolute Gasteiger partial charge is 0.0897 e. The van der Waals surface area contributed by atoms with Crippen LogP contribution in [0.4, 0.5) is 0 Å². The molecule has 0 spiro atoms. The minimum Gasteiger partial charge on any atom is -0.389 e. The van der Waals surface area contributed by atoms with Gasteiger partial charge in [-0.05, 0) is 19.3 Å². The van der Waals surface area contributed by atoms with Gasteiger partial charge in [0.2, 0.25) is 0 Å². The lowest BCUT2D eigenvalue weighted by molar-refractivity contribution is 0.0425. The molecule has 0 aromatic rings. The summed E-state index contributed by atoms with van der Waals surface area (Å²) in [6.07, 6.45) is 2.18. The minimum atomic E-state index is -0.349. The van der Waals surface area contributed by atoms with E-state index in [0.717, 1.165) is 5.92 Å². The summed E-state index contributed by atoms with van der Waals surface area (Å²) in [4.78, 5) is 0. The summed E-state index contributed by atoms with van der Waals surface area (Å²) in [7, 11) is 0. The molecule has 3 heteroatoms. The van der Waals surface area contributed by atoms with E-state index in [0.29, 0.717) is 25.8 Å². The molecule has 0 aliphatic heterocycles. The van der Waals surface area contributed by atoms with Crippen molar-refractivity contribution in [3.05, 3.63) is 0 Å². The number of aliphatic hydroxyl groups is 1. The molecule has 0 amide bonds. The number of rotatable bonds is 7. The van der Waals surface area contributed by atoms with Gasteiger partial charge in [0.05, 0.1) is 12.7 Å². The first-order valence-corrected chi connectivity index (χ1v) is 5.27. The predicted molar refractivity (Wildman–Crippen MR) is 52.7 cm³/mol. The van der Waals surface area contributed by atoms with Crippen LogP contribution in [0.2, 0.25) is 0 Å². The first kappa shape index (κ1) is 11.0. The van der Waals surface area contributed by atoms with Crippen LogP contribution >= 0.6 is 0 Å². The van der Waals surface area contributed by atoms with Crippen molar-refractivity contribution in [2.45, 2.75) is 38.8 Å². The van der Waals surface area contributed by atoms with Crippen LogP contribution in [-0.4, -0.2) is 37.0 Å². The van der Waals surface area contributed by atoms with E-state index >= 15 is 0 Å². The Morgan fingerprint density at radius 2 is 2.31 bits per heavy atom. The molecule has 13 heavy (non-hydrogen) atoms. The highest BCUT2D eigenvalue weighted by Gasteiger charge is 2.34. The quantitative estimate of drug-likeness (QED) is 0.618. The molecule has 0 saturated heterocycles. The molecular weight excluding hydrogens is 166 g/mol. The number of hydrogen-bond donors (Lipinski definition) is 2. The van der Waals surface area contributed by atoms with Crippen molar-refractivity contribution < 1.29 is 9.84 Å². The van der Waals surface area contributed by atoms with Crippen LogP contribution in [0.25, 0.3) is 0 Å². The summed E-state index contributed by atoms with van der Waals surface area (Å²) in [5, 5.41) is 12.8. The average molecular weight is 187 g/mol. The van der Waals surface area contributed by atoms with Crippen molar-refractivity contribution in [3.8, 4) is 0 Å². The van der Waals surface area contributed by atoms with Gasteiger partial charge in [-0.3, -0.25) is 0 Å². The molecule has 1 rings (SSSR count). The SMILES string of the molecule is CCOCC(O)CNC1CC1CC. The summed E-state index contributed by atoms with van der Waals surface area (Å²) in [6.45, 7) is 5.95. The molecule has 0 bridgehead atoms. The molecule has 2 N–H and O–H groups in total. The highest BCUT2D eigenvalue weighted by atomic mass is 16.5. The summed E-state index contributed by atoms with van der Waals surface area (Å²) < 4.78 is 5.11. The molecule has 78 valence electrons. The average Bonchev–Trinajstić information content (AvgIpc) is 2.90. The molecule has 0 radical (unpaired) electrons. The van der Waals surface area contributed by atoms with Crippen molar-refractivity contribution in [3.63, 3.8) is 0 Å². The van der Waals surface area contributed by atoms with Gasteiger partial charge in [-0.1, -0.05) is 13.3 Å². The predicted octanol–water partition coefficient (Wildman–Crippen LogP) is 0.772. The van der Waals surface area contributed by atoms with E-state index in [1.54, 1.807) is 0 Å². The van der Waals surface area contributed by atoms with Gasteiger partial charge in [0.1, 0.15) is 0 Å². The van der Waals surface area contributed by atoms with Crippen LogP contribution in [0, 0.1) is 5.92 Å². The van der Waals surface area contributed by atoms with Crippen molar-refractivity contribution >= 4 is 0 Å². The summed E-state index contributed by atoms with van der Waals surface area (Å²) in [5.74, 6) is 0.847. The van der Waals surface area contributed by atoms with Gasteiger partial charge in [0.15, 0.2) is 0 Å². The normalized spacial score (nSPS) is 28.8. The molecule has 3 nitrogen and oxygen atoms in total. The van der Waals surface area contributed by atoms with E-state index in [1.807, 2.05) is 6.92 Å². The first-order chi connectivity index (χ1) is 6.27. The highest BCUT2D eigenvalue weighted by molar-refractivity contribution is 4.92. The Bertz CT molecular complexity index is 141. The van der Waals surface area contributed by atoms with Crippen LogP contribution in [-0.2, 0) is 4.74 Å². The summed E-state index contributed by atoms with van der Waals surface area (Å²) in [6, 6.07) is 0.654. The monoisotopic (exact) mass is 187 g/mol. The van der Waals surface area contributed by atoms with E-state index in [-0.39, 0.29) is 6.10 Å². The van der Waals surface area contributed by atoms with Crippen molar-refractivity contribution in [1.82, 2.24) is 5.32 Å². The molecule has 1 fully saturated rings. The molecule has 1 aliphatic rings. The molecule has 0 aromatic heterocycles. The second-order valence-electron chi connectivity index (χ2n) is 3.73. The molecule has 3 atom stereocenters. The Kier molecular flexibility index (Phi) is 4.70. The number of nitrogens with one attached hydrogen (secondary N) is 1. The van der Waals surface area contributed by atoms with Crippen LogP contribution in [0.3, 0.4) is 0 Å². The first-order valence-electron chi connectivity index (χ1n) is 5.27. The molecule has 0 heterocycles. The Balaban J connectivity index is 1.93. The minimum absolute atomic E-state index is 0.349. The standard InChI is InChI=1S/C10H21NO2/c1-3-8-5-10(8)11-6-9(12)7-13-4-2/h8-12H,3-7H2,1-2H3. The fraction of sp³-hybridized carbons (Fsp3) is 1.00. The van der Waals surface area contributed by atoms with E-state index in [2.05, 4.69) is 12.2 Å². The second-order valence-corrected chi connectivity index (χ2v) is 3.73. The van der Waals surface area contributed by atoms with Crippen molar-refractivity contribution in [1.29, 1.82) is 0 Å². The number of ether oxygens (including phenoxy) is 1. The lowest BCUT2D eigenvalue weighted by Crippen LogP contribution is -2.32. The third kappa shape index (κ3) is 4.07. The van der Waals surface area contributed by atoms with Gasteiger partial charge in [0, 0.05) is 19.2 Å². The van der Waals surface area contributed by atoms with Crippen LogP contribution < -0.4 is 5.32 Å². The third-order valence-electron chi connectivity index (χ3n) is 2.58. The Hall–Kier alpha value is -0.120. The van der Waals surface area contributed by atoms with Crippen LogP contribution in [0.5, 0.6) is 0 Å². The number of aliphatic hydroxyl groups excluding tert-OH is 1. The third-order valence-corrected chi connectivity index (χ3v) is 2.58. The van der Waals surface area contributed by atoms with Gasteiger partial charge in [-0.2, -0.15) is 0 Å². The molecule has 1 saturated carbocycles. The summed E-state index contributed by atoms with van der Waals surface area (Å²) in [5.41, 5.74) is 0. The van der Waals surface area contributed by atoms with Gasteiger partial charge < -0.3 is 15.2 Å². The van der Waals surface area contributed by atoms with Gasteiger partial charge in [0.25, 0.3) is 0 Å². The zero-order valence-electron chi connectivity index (χ0n) is 8.62. The van der Waals surface area contributed by atoms with E-state index in [1.165, 1.54) is 12.8 Å². The maximum Gasteiger partial charge on any atom is 0.0897 e. The fourth-order valence-corrected chi connectivity index (χ4v) is 1.55. The second kappa shape index (κ2) is 5.58. The Labute approximate surface area is 80.5 Å². The molecular formula is C10H21NO2. The zero-order valence-corrected chi connectivity index (χ0v) is 8.62. The van der Waals surface area contributed by atoms with Gasteiger partial charge in [-0.15, -0.1) is 0 Å². The van der Waals surface area contributed by atoms with E-state index in [9.17, 15) is 5.11 Å². The fourth-order valence-electron chi connectivity index (χ4n) is 1.55. The lowest BCUT2D eigenvalue weighted by atomic mass is 10.3. The topological polar surface area (TPSA) is 41.5 Å². The molecule has 3 unspecified atom stereocenters. The largest absolute Gasteiger partial charge is 0.389 e. The Morgan fingerprint density at radius 1 is 1.54 bits per heavy atom. The van der Waals surface area contributed by atoms with Crippen molar-refractivity contribution in [2.75, 3.05) is 19.8 Å². The van der Waals surface area contributed by atoms with Gasteiger partial charge in [-0.25, -0.2) is 0 Å². The van der Waals surface area contributed by atoms with Crippen LogP contribution in [0.1, 0.15) is 26.7 Å². The van der Waals surface area contributed by atoms with Crippen molar-refractivity contribution in [2.24, 2.45) is 5.92 Å². The summed E-state index contributed by atoms with van der Waals surface area (Å²) >= 11 is 0. The van der Waals surface area contributed by atoms with Crippen LogP contribution in [0.15, 0.2) is 0 Å². The maximum atomic E-state index is 9.43. The van der Waals surface area contributed by atoms with E-state index in [4.69, 9.17) is 4.74 Å². The lowest BCUT2D eigenvalue weighted by Gasteiger charge is -2.11. The van der Waals surface area contributed by atoms with E-state index < -0.39 is 0 Å². The molecule has 0 aromatic carbocycles. The molecule has 1 aliphatic carbocycles. The maximum absolute atomic E-state index is 9.43. The van der Waals surface area contributed by atoms with Gasteiger partial charge >= 0.3 is 0 Å². The number of hydrogen-bond acceptors (Lipinski definition) is 3.